The Hall–Kier alpha value is -2.32. The zero-order chi connectivity index (χ0) is 16.1. The molecule has 0 bridgehead atoms. The number of rotatable bonds is 3. The molecule has 112 valence electrons. The lowest BCUT2D eigenvalue weighted by molar-refractivity contribution is -0.384. The number of thiocarbonyl (C=S) groups is 1. The van der Waals surface area contributed by atoms with Crippen LogP contribution in [0, 0.1) is 10.1 Å². The average Bonchev–Trinajstić information content (AvgIpc) is 2.47. The van der Waals surface area contributed by atoms with Crippen LogP contribution in [0.3, 0.4) is 0 Å². The Balaban J connectivity index is 2.04. The monoisotopic (exact) mass is 379 g/mol. The molecular weight excluding hydrogens is 370 g/mol. The first-order valence-electron chi connectivity index (χ1n) is 6.08. The third-order valence-electron chi connectivity index (χ3n) is 2.66. The van der Waals surface area contributed by atoms with Crippen LogP contribution in [-0.2, 0) is 0 Å². The number of benzene rings is 2. The molecule has 0 radical (unpaired) electrons. The Morgan fingerprint density at radius 2 is 1.91 bits per heavy atom. The van der Waals surface area contributed by atoms with Gasteiger partial charge in [-0.15, -0.1) is 0 Å². The van der Waals surface area contributed by atoms with Crippen molar-refractivity contribution in [2.45, 2.75) is 0 Å². The van der Waals surface area contributed by atoms with E-state index in [0.717, 1.165) is 0 Å². The molecule has 2 aromatic carbocycles. The van der Waals surface area contributed by atoms with E-state index in [1.165, 1.54) is 18.2 Å². The molecule has 0 saturated heterocycles. The summed E-state index contributed by atoms with van der Waals surface area (Å²) in [5.74, 6) is -0.379. The third-order valence-corrected chi connectivity index (χ3v) is 3.56. The van der Waals surface area contributed by atoms with Crippen molar-refractivity contribution >= 4 is 50.5 Å². The van der Waals surface area contributed by atoms with Gasteiger partial charge in [0.15, 0.2) is 5.11 Å². The van der Waals surface area contributed by atoms with Gasteiger partial charge in [-0.3, -0.25) is 20.2 Å². The van der Waals surface area contributed by atoms with E-state index in [1.807, 2.05) is 0 Å². The summed E-state index contributed by atoms with van der Waals surface area (Å²) in [5.41, 5.74) is 0.794. The van der Waals surface area contributed by atoms with E-state index in [9.17, 15) is 14.9 Å². The molecule has 0 aliphatic carbocycles. The summed E-state index contributed by atoms with van der Waals surface area (Å²) in [4.78, 5) is 22.3. The summed E-state index contributed by atoms with van der Waals surface area (Å²) in [7, 11) is 0. The van der Waals surface area contributed by atoms with E-state index >= 15 is 0 Å². The molecule has 0 aromatic heterocycles. The Kier molecular flexibility index (Phi) is 5.18. The third kappa shape index (κ3) is 4.09. The Morgan fingerprint density at radius 1 is 1.18 bits per heavy atom. The fourth-order valence-electron chi connectivity index (χ4n) is 1.68. The fraction of sp³-hybridized carbons (Fsp3) is 0. The normalized spacial score (nSPS) is 9.86. The van der Waals surface area contributed by atoms with E-state index in [1.54, 1.807) is 30.3 Å². The summed E-state index contributed by atoms with van der Waals surface area (Å²) in [6.07, 6.45) is 0. The van der Waals surface area contributed by atoms with Gasteiger partial charge in [0.05, 0.1) is 10.5 Å². The predicted molar refractivity (Wildman–Crippen MR) is 90.9 cm³/mol. The van der Waals surface area contributed by atoms with Crippen LogP contribution in [0.2, 0.25) is 0 Å². The molecule has 22 heavy (non-hydrogen) atoms. The molecule has 0 spiro atoms. The van der Waals surface area contributed by atoms with Crippen LogP contribution in [0.1, 0.15) is 10.4 Å². The Morgan fingerprint density at radius 3 is 2.59 bits per heavy atom. The first kappa shape index (κ1) is 16.1. The number of amides is 1. The van der Waals surface area contributed by atoms with Gasteiger partial charge in [-0.25, -0.2) is 0 Å². The maximum Gasteiger partial charge on any atom is 0.271 e. The van der Waals surface area contributed by atoms with Gasteiger partial charge >= 0.3 is 0 Å². The predicted octanol–water partition coefficient (Wildman–Crippen LogP) is 3.48. The van der Waals surface area contributed by atoms with Crippen molar-refractivity contribution < 1.29 is 9.72 Å². The van der Waals surface area contributed by atoms with Crippen LogP contribution in [0.15, 0.2) is 53.0 Å². The molecule has 0 unspecified atom stereocenters. The minimum Gasteiger partial charge on any atom is -0.332 e. The highest BCUT2D eigenvalue weighted by molar-refractivity contribution is 9.10. The average molecular weight is 380 g/mol. The van der Waals surface area contributed by atoms with Crippen LogP contribution in [0.5, 0.6) is 0 Å². The zero-order valence-corrected chi connectivity index (χ0v) is 13.5. The first-order valence-corrected chi connectivity index (χ1v) is 7.29. The van der Waals surface area contributed by atoms with Crippen molar-refractivity contribution in [2.75, 3.05) is 5.32 Å². The Labute approximate surface area is 139 Å². The number of hydrogen-bond acceptors (Lipinski definition) is 4. The fourth-order valence-corrected chi connectivity index (χ4v) is 2.35. The number of nitrogens with one attached hydrogen (secondary N) is 2. The number of nitrogens with zero attached hydrogens (tertiary/aromatic N) is 1. The minimum atomic E-state index is -0.506. The van der Waals surface area contributed by atoms with Crippen LogP contribution < -0.4 is 10.6 Å². The smallest absolute Gasteiger partial charge is 0.271 e. The van der Waals surface area contributed by atoms with Crippen molar-refractivity contribution in [3.05, 3.63) is 68.7 Å². The molecule has 2 N–H and O–H groups in total. The number of carbonyl (C=O) groups excluding carboxylic acids is 1. The lowest BCUT2D eigenvalue weighted by Crippen LogP contribution is -2.34. The van der Waals surface area contributed by atoms with Crippen molar-refractivity contribution in [2.24, 2.45) is 0 Å². The zero-order valence-electron chi connectivity index (χ0n) is 11.1. The van der Waals surface area contributed by atoms with Gasteiger partial charge in [0.2, 0.25) is 0 Å². The maximum absolute atomic E-state index is 12.1. The Bertz CT molecular complexity index is 752. The summed E-state index contributed by atoms with van der Waals surface area (Å²) in [6.45, 7) is 0. The molecule has 0 heterocycles. The van der Waals surface area contributed by atoms with Crippen LogP contribution in [-0.4, -0.2) is 15.9 Å². The molecule has 1 amide bonds. The van der Waals surface area contributed by atoms with Gasteiger partial charge in [-0.2, -0.15) is 0 Å². The van der Waals surface area contributed by atoms with E-state index in [0.29, 0.717) is 15.7 Å². The second-order valence-corrected chi connectivity index (χ2v) is 5.46. The lowest BCUT2D eigenvalue weighted by atomic mass is 10.2. The number of halogens is 1. The van der Waals surface area contributed by atoms with E-state index in [2.05, 4.69) is 26.6 Å². The standard InChI is InChI=1S/C14H10BrN3O3S/c15-12-7-2-1-6-11(12)13(19)17-14(22)16-9-4-3-5-10(8-9)18(20)21/h1-8H,(H2,16,17,19,22). The summed E-state index contributed by atoms with van der Waals surface area (Å²) in [6, 6.07) is 12.8. The van der Waals surface area contributed by atoms with Crippen molar-refractivity contribution in [3.8, 4) is 0 Å². The number of non-ortho nitro benzene ring substituents is 1. The second-order valence-electron chi connectivity index (χ2n) is 4.20. The topological polar surface area (TPSA) is 84.3 Å². The van der Waals surface area contributed by atoms with Crippen LogP contribution in [0.25, 0.3) is 0 Å². The van der Waals surface area contributed by atoms with Crippen LogP contribution >= 0.6 is 28.1 Å². The number of carbonyl (C=O) groups is 1. The largest absolute Gasteiger partial charge is 0.332 e. The van der Waals surface area contributed by atoms with E-state index < -0.39 is 4.92 Å². The molecule has 2 aromatic rings. The molecule has 8 heteroatoms. The number of hydrogen-bond donors (Lipinski definition) is 2. The number of nitro benzene ring substituents is 1. The molecule has 2 rings (SSSR count). The van der Waals surface area contributed by atoms with Gasteiger partial charge in [0, 0.05) is 22.3 Å². The first-order chi connectivity index (χ1) is 10.5. The highest BCUT2D eigenvalue weighted by Crippen LogP contribution is 2.17. The lowest BCUT2D eigenvalue weighted by Gasteiger charge is -2.10. The van der Waals surface area contributed by atoms with Gasteiger partial charge in [0.1, 0.15) is 0 Å². The highest BCUT2D eigenvalue weighted by Gasteiger charge is 2.12. The summed E-state index contributed by atoms with van der Waals surface area (Å²) in [5, 5.41) is 16.0. The molecule has 6 nitrogen and oxygen atoms in total. The van der Waals surface area contributed by atoms with E-state index in [4.69, 9.17) is 12.2 Å². The van der Waals surface area contributed by atoms with Gasteiger partial charge < -0.3 is 5.32 Å². The van der Waals surface area contributed by atoms with Crippen molar-refractivity contribution in [3.63, 3.8) is 0 Å². The maximum atomic E-state index is 12.1. The van der Waals surface area contributed by atoms with E-state index in [-0.39, 0.29) is 16.7 Å². The second kappa shape index (κ2) is 7.10. The van der Waals surface area contributed by atoms with Crippen LogP contribution in [0.4, 0.5) is 11.4 Å². The molecule has 0 aliphatic heterocycles. The van der Waals surface area contributed by atoms with Gasteiger partial charge in [0.25, 0.3) is 11.6 Å². The van der Waals surface area contributed by atoms with Crippen molar-refractivity contribution in [1.29, 1.82) is 0 Å². The molecular formula is C14H10BrN3O3S. The minimum absolute atomic E-state index is 0.0567. The molecule has 0 saturated carbocycles. The van der Waals surface area contributed by atoms with Gasteiger partial charge in [-0.1, -0.05) is 18.2 Å². The van der Waals surface area contributed by atoms with Crippen molar-refractivity contribution in [1.82, 2.24) is 5.32 Å². The highest BCUT2D eigenvalue weighted by atomic mass is 79.9. The number of anilines is 1. The number of nitro groups is 1. The SMILES string of the molecule is O=C(NC(=S)Nc1cccc([N+](=O)[O-])c1)c1ccccc1Br. The summed E-state index contributed by atoms with van der Waals surface area (Å²) >= 11 is 8.32. The molecule has 0 aliphatic rings. The van der Waals surface area contributed by atoms with Gasteiger partial charge in [-0.05, 0) is 46.3 Å². The molecule has 0 fully saturated rings. The quantitative estimate of drug-likeness (QED) is 0.484. The molecule has 0 atom stereocenters. The summed E-state index contributed by atoms with van der Waals surface area (Å²) < 4.78 is 0.644.